The molecule has 30 heavy (non-hydrogen) atoms. The number of hydrogen-bond acceptors (Lipinski definition) is 6. The van der Waals surface area contributed by atoms with Gasteiger partial charge in [-0.25, -0.2) is 0 Å². The van der Waals surface area contributed by atoms with Crippen LogP contribution in [0.5, 0.6) is 0 Å². The second-order valence-corrected chi connectivity index (χ2v) is 7.84. The third-order valence-electron chi connectivity index (χ3n) is 4.34. The molecule has 9 heteroatoms. The minimum Gasteiger partial charge on any atom is -0.457 e. The number of carbonyl (C=O) groups is 2. The molecule has 0 saturated carbocycles. The SMILES string of the molecule is O=C1S/C(=C/c2ccc(-c3cccc(Cl)c3)o2)C(=O)N1Cc1cccc([N+](=O)[O-])c1. The van der Waals surface area contributed by atoms with Crippen LogP contribution in [0.25, 0.3) is 17.4 Å². The number of carbonyl (C=O) groups excluding carboxylic acids is 2. The van der Waals surface area contributed by atoms with Crippen LogP contribution in [0.3, 0.4) is 0 Å². The molecule has 1 aromatic heterocycles. The lowest BCUT2D eigenvalue weighted by atomic mass is 10.2. The van der Waals surface area contributed by atoms with Crippen LogP contribution in [-0.4, -0.2) is 21.0 Å². The molecule has 1 saturated heterocycles. The average molecular weight is 441 g/mol. The summed E-state index contributed by atoms with van der Waals surface area (Å²) in [5, 5.41) is 11.1. The molecule has 0 radical (unpaired) electrons. The zero-order valence-electron chi connectivity index (χ0n) is 15.3. The van der Waals surface area contributed by atoms with Crippen LogP contribution in [0.4, 0.5) is 10.5 Å². The summed E-state index contributed by atoms with van der Waals surface area (Å²) >= 11 is 6.80. The highest BCUT2D eigenvalue weighted by atomic mass is 35.5. The Balaban J connectivity index is 1.53. The molecule has 1 aliphatic heterocycles. The minimum absolute atomic E-state index is 0.0460. The fourth-order valence-corrected chi connectivity index (χ4v) is 3.95. The number of nitro benzene ring substituents is 1. The van der Waals surface area contributed by atoms with Crippen molar-refractivity contribution in [1.29, 1.82) is 0 Å². The molecule has 0 aliphatic carbocycles. The molecule has 1 fully saturated rings. The number of nitro groups is 1. The van der Waals surface area contributed by atoms with Gasteiger partial charge in [0.1, 0.15) is 11.5 Å². The summed E-state index contributed by atoms with van der Waals surface area (Å²) in [4.78, 5) is 36.7. The first-order valence-corrected chi connectivity index (χ1v) is 9.94. The van der Waals surface area contributed by atoms with Gasteiger partial charge in [-0.05, 0) is 41.6 Å². The lowest BCUT2D eigenvalue weighted by Gasteiger charge is -2.12. The Morgan fingerprint density at radius 3 is 2.67 bits per heavy atom. The normalized spacial score (nSPS) is 15.2. The van der Waals surface area contributed by atoms with Crippen molar-refractivity contribution in [3.63, 3.8) is 0 Å². The number of imide groups is 1. The molecule has 0 N–H and O–H groups in total. The van der Waals surface area contributed by atoms with E-state index < -0.39 is 16.1 Å². The summed E-state index contributed by atoms with van der Waals surface area (Å²) in [6.07, 6.45) is 1.51. The van der Waals surface area contributed by atoms with Gasteiger partial charge in [-0.2, -0.15) is 0 Å². The molecular formula is C21H13ClN2O5S. The van der Waals surface area contributed by atoms with E-state index in [2.05, 4.69) is 0 Å². The molecule has 2 heterocycles. The molecule has 150 valence electrons. The number of halogens is 1. The third-order valence-corrected chi connectivity index (χ3v) is 5.49. The topological polar surface area (TPSA) is 93.7 Å². The zero-order chi connectivity index (χ0) is 21.3. The van der Waals surface area contributed by atoms with Gasteiger partial charge >= 0.3 is 0 Å². The number of amides is 2. The second kappa shape index (κ2) is 8.17. The Kier molecular flexibility index (Phi) is 5.43. The molecule has 1 aliphatic rings. The van der Waals surface area contributed by atoms with Crippen LogP contribution in [0.1, 0.15) is 11.3 Å². The largest absolute Gasteiger partial charge is 0.457 e. The molecule has 0 bridgehead atoms. The molecule has 0 atom stereocenters. The zero-order valence-corrected chi connectivity index (χ0v) is 16.9. The van der Waals surface area contributed by atoms with E-state index in [1.807, 2.05) is 6.07 Å². The van der Waals surface area contributed by atoms with Gasteiger partial charge in [-0.1, -0.05) is 35.9 Å². The van der Waals surface area contributed by atoms with Crippen LogP contribution in [0.2, 0.25) is 5.02 Å². The second-order valence-electron chi connectivity index (χ2n) is 6.41. The predicted molar refractivity (Wildman–Crippen MR) is 114 cm³/mol. The van der Waals surface area contributed by atoms with Crippen molar-refractivity contribution in [2.75, 3.05) is 0 Å². The third kappa shape index (κ3) is 4.14. The highest BCUT2D eigenvalue weighted by Crippen LogP contribution is 2.34. The highest BCUT2D eigenvalue weighted by Gasteiger charge is 2.35. The average Bonchev–Trinajstić information content (AvgIpc) is 3.29. The number of nitrogens with zero attached hydrogens (tertiary/aromatic N) is 2. The van der Waals surface area contributed by atoms with E-state index in [0.29, 0.717) is 22.1 Å². The summed E-state index contributed by atoms with van der Waals surface area (Å²) in [7, 11) is 0. The highest BCUT2D eigenvalue weighted by molar-refractivity contribution is 8.18. The molecule has 0 spiro atoms. The van der Waals surface area contributed by atoms with Crippen molar-refractivity contribution in [3.8, 4) is 11.3 Å². The van der Waals surface area contributed by atoms with Gasteiger partial charge in [0.25, 0.3) is 16.8 Å². The first kappa shape index (κ1) is 19.9. The summed E-state index contributed by atoms with van der Waals surface area (Å²) < 4.78 is 5.76. The smallest absolute Gasteiger partial charge is 0.293 e. The van der Waals surface area contributed by atoms with E-state index in [-0.39, 0.29) is 17.1 Å². The van der Waals surface area contributed by atoms with Crippen LogP contribution < -0.4 is 0 Å². The van der Waals surface area contributed by atoms with Crippen LogP contribution in [0.15, 0.2) is 70.0 Å². The fourth-order valence-electron chi connectivity index (χ4n) is 2.94. The van der Waals surface area contributed by atoms with E-state index >= 15 is 0 Å². The van der Waals surface area contributed by atoms with Gasteiger partial charge in [-0.15, -0.1) is 0 Å². The molecule has 2 amide bonds. The van der Waals surface area contributed by atoms with E-state index in [4.69, 9.17) is 16.0 Å². The van der Waals surface area contributed by atoms with E-state index in [9.17, 15) is 19.7 Å². The quantitative estimate of drug-likeness (QED) is 0.285. The number of thioether (sulfide) groups is 1. The monoisotopic (exact) mass is 440 g/mol. The van der Waals surface area contributed by atoms with Crippen molar-refractivity contribution in [2.24, 2.45) is 0 Å². The molecule has 0 unspecified atom stereocenters. The number of furan rings is 1. The van der Waals surface area contributed by atoms with Gasteiger partial charge in [0.05, 0.1) is 16.4 Å². The van der Waals surface area contributed by atoms with Crippen molar-refractivity contribution in [3.05, 3.63) is 92.0 Å². The van der Waals surface area contributed by atoms with Gasteiger partial charge in [0.15, 0.2) is 0 Å². The molecule has 4 rings (SSSR count). The van der Waals surface area contributed by atoms with Crippen LogP contribution >= 0.6 is 23.4 Å². The summed E-state index contributed by atoms with van der Waals surface area (Å²) in [5.74, 6) is 0.530. The maximum absolute atomic E-state index is 12.7. The standard InChI is InChI=1S/C21H13ClN2O5S/c22-15-5-2-4-14(10-15)18-8-7-17(29-18)11-19-20(25)23(21(26)30-19)12-13-3-1-6-16(9-13)24(27)28/h1-11H,12H2/b19-11+. The van der Waals surface area contributed by atoms with E-state index in [0.717, 1.165) is 22.2 Å². The Hall–Kier alpha value is -3.36. The summed E-state index contributed by atoms with van der Waals surface area (Å²) in [6.45, 7) is -0.0460. The van der Waals surface area contributed by atoms with Crippen molar-refractivity contribution < 1.29 is 18.9 Å². The van der Waals surface area contributed by atoms with Gasteiger partial charge < -0.3 is 4.42 Å². The van der Waals surface area contributed by atoms with Crippen molar-refractivity contribution in [1.82, 2.24) is 4.90 Å². The maximum atomic E-state index is 12.7. The van der Waals surface area contributed by atoms with E-state index in [1.54, 1.807) is 36.4 Å². The number of hydrogen-bond donors (Lipinski definition) is 0. The molecule has 2 aromatic carbocycles. The summed E-state index contributed by atoms with van der Waals surface area (Å²) in [5.41, 5.74) is 1.19. The first-order chi connectivity index (χ1) is 14.4. The van der Waals surface area contributed by atoms with Crippen LogP contribution in [0, 0.1) is 10.1 Å². The molecular weight excluding hydrogens is 428 g/mol. The fraction of sp³-hybridized carbons (Fsp3) is 0.0476. The Morgan fingerprint density at radius 1 is 1.10 bits per heavy atom. The Morgan fingerprint density at radius 2 is 1.90 bits per heavy atom. The van der Waals surface area contributed by atoms with Crippen LogP contribution in [-0.2, 0) is 11.3 Å². The lowest BCUT2D eigenvalue weighted by molar-refractivity contribution is -0.384. The first-order valence-electron chi connectivity index (χ1n) is 8.75. The van der Waals surface area contributed by atoms with Crippen molar-refractivity contribution in [2.45, 2.75) is 6.54 Å². The van der Waals surface area contributed by atoms with Gasteiger partial charge in [0.2, 0.25) is 0 Å². The Bertz CT molecular complexity index is 1200. The van der Waals surface area contributed by atoms with E-state index in [1.165, 1.54) is 24.3 Å². The van der Waals surface area contributed by atoms with Gasteiger partial charge in [0, 0.05) is 28.8 Å². The number of rotatable bonds is 5. The molecule has 7 nitrogen and oxygen atoms in total. The number of non-ortho nitro benzene ring substituents is 1. The number of benzene rings is 2. The maximum Gasteiger partial charge on any atom is 0.293 e. The molecule has 3 aromatic rings. The lowest BCUT2D eigenvalue weighted by Crippen LogP contribution is -2.27. The minimum atomic E-state index is -0.522. The summed E-state index contributed by atoms with van der Waals surface area (Å²) in [6, 6.07) is 16.5. The Labute approximate surface area is 180 Å². The predicted octanol–water partition coefficient (Wildman–Crippen LogP) is 5.74. The van der Waals surface area contributed by atoms with Crippen molar-refractivity contribution >= 4 is 46.3 Å². The van der Waals surface area contributed by atoms with Gasteiger partial charge in [-0.3, -0.25) is 24.6 Å².